The third-order valence-electron chi connectivity index (χ3n) is 5.18. The van der Waals surface area contributed by atoms with Gasteiger partial charge >= 0.3 is 0 Å². The van der Waals surface area contributed by atoms with Crippen LogP contribution in [0.1, 0.15) is 37.2 Å². The predicted octanol–water partition coefficient (Wildman–Crippen LogP) is 3.34. The van der Waals surface area contributed by atoms with Crippen LogP contribution in [-0.2, 0) is 6.54 Å². The lowest BCUT2D eigenvalue weighted by atomic mass is 10.1. The van der Waals surface area contributed by atoms with E-state index in [-0.39, 0.29) is 0 Å². The molecule has 3 rings (SSSR count). The van der Waals surface area contributed by atoms with Gasteiger partial charge in [0, 0.05) is 19.1 Å². The average Bonchev–Trinajstić information content (AvgIpc) is 3.06. The van der Waals surface area contributed by atoms with Crippen LogP contribution in [-0.4, -0.2) is 52.5 Å². The largest absolute Gasteiger partial charge is 0.341 e. The summed E-state index contributed by atoms with van der Waals surface area (Å²) in [6.07, 6.45) is 1.32. The summed E-state index contributed by atoms with van der Waals surface area (Å²) in [6, 6.07) is 5.06. The first-order valence-electron chi connectivity index (χ1n) is 8.81. The summed E-state index contributed by atoms with van der Waals surface area (Å²) >= 11 is 0. The lowest BCUT2D eigenvalue weighted by molar-refractivity contribution is 0.233. The third kappa shape index (κ3) is 3.75. The molecule has 4 heteroatoms. The fraction of sp³-hybridized carbons (Fsp3) is 0.632. The lowest BCUT2D eigenvalue weighted by Gasteiger charge is -2.22. The highest BCUT2D eigenvalue weighted by Gasteiger charge is 2.25. The van der Waals surface area contributed by atoms with Gasteiger partial charge in [-0.15, -0.1) is 0 Å². The molecule has 1 fully saturated rings. The molecular formula is C19H30N4. The molecule has 0 saturated carbocycles. The van der Waals surface area contributed by atoms with E-state index < -0.39 is 0 Å². The Kier molecular flexibility index (Phi) is 4.74. The molecule has 1 atom stereocenters. The normalized spacial score (nSPS) is 19.5. The van der Waals surface area contributed by atoms with E-state index in [1.807, 2.05) is 0 Å². The van der Waals surface area contributed by atoms with Gasteiger partial charge in [-0.05, 0) is 76.9 Å². The van der Waals surface area contributed by atoms with Crippen molar-refractivity contribution in [1.82, 2.24) is 19.8 Å². The molecule has 1 unspecified atom stereocenters. The van der Waals surface area contributed by atoms with Crippen molar-refractivity contribution < 1.29 is 0 Å². The monoisotopic (exact) mass is 314 g/mol. The molecule has 0 radical (unpaired) electrons. The summed E-state index contributed by atoms with van der Waals surface area (Å²) in [5, 5.41) is 0. The molecule has 2 heterocycles. The molecule has 0 bridgehead atoms. The molecule has 23 heavy (non-hydrogen) atoms. The highest BCUT2D eigenvalue weighted by Crippen LogP contribution is 2.21. The maximum absolute atomic E-state index is 4.76. The molecule has 1 saturated heterocycles. The number of H-pyrrole nitrogens is 1. The Bertz CT molecular complexity index is 634. The molecule has 0 aliphatic carbocycles. The molecule has 4 nitrogen and oxygen atoms in total. The molecule has 1 aromatic heterocycles. The van der Waals surface area contributed by atoms with Crippen molar-refractivity contribution in [3.05, 3.63) is 29.1 Å². The minimum atomic E-state index is 0.673. The predicted molar refractivity (Wildman–Crippen MR) is 96.7 cm³/mol. The first kappa shape index (κ1) is 16.5. The second-order valence-electron chi connectivity index (χ2n) is 7.58. The number of imidazole rings is 1. The van der Waals surface area contributed by atoms with Crippen molar-refractivity contribution in [3.8, 4) is 0 Å². The van der Waals surface area contributed by atoms with Crippen LogP contribution in [0.2, 0.25) is 0 Å². The molecule has 1 N–H and O–H groups in total. The van der Waals surface area contributed by atoms with Crippen molar-refractivity contribution in [2.45, 2.75) is 46.7 Å². The number of rotatable bonds is 5. The van der Waals surface area contributed by atoms with Gasteiger partial charge in [0.2, 0.25) is 0 Å². The van der Waals surface area contributed by atoms with Crippen LogP contribution in [0.4, 0.5) is 0 Å². The summed E-state index contributed by atoms with van der Waals surface area (Å²) < 4.78 is 0. The Hall–Kier alpha value is -1.39. The number of benzene rings is 1. The zero-order valence-electron chi connectivity index (χ0n) is 15.2. The summed E-state index contributed by atoms with van der Waals surface area (Å²) in [4.78, 5) is 13.2. The summed E-state index contributed by atoms with van der Waals surface area (Å²) in [5.41, 5.74) is 4.87. The molecule has 2 aromatic rings. The molecule has 0 spiro atoms. The minimum Gasteiger partial charge on any atom is -0.341 e. The van der Waals surface area contributed by atoms with Gasteiger partial charge in [-0.25, -0.2) is 4.98 Å². The fourth-order valence-electron chi connectivity index (χ4n) is 3.64. The number of likely N-dealkylation sites (tertiary alicyclic amines) is 1. The van der Waals surface area contributed by atoms with Crippen molar-refractivity contribution in [2.24, 2.45) is 5.92 Å². The van der Waals surface area contributed by atoms with E-state index in [9.17, 15) is 0 Å². The number of hydrogen-bond donors (Lipinski definition) is 1. The fourth-order valence-corrected chi connectivity index (χ4v) is 3.64. The first-order chi connectivity index (χ1) is 10.9. The summed E-state index contributed by atoms with van der Waals surface area (Å²) in [5.74, 6) is 1.86. The quantitative estimate of drug-likeness (QED) is 0.919. The van der Waals surface area contributed by atoms with Crippen LogP contribution in [0.5, 0.6) is 0 Å². The van der Waals surface area contributed by atoms with Gasteiger partial charge in [-0.1, -0.05) is 0 Å². The van der Waals surface area contributed by atoms with Crippen LogP contribution in [0.3, 0.4) is 0 Å². The maximum Gasteiger partial charge on any atom is 0.121 e. The third-order valence-corrected chi connectivity index (χ3v) is 5.18. The number of aryl methyl sites for hydroxylation is 2. The van der Waals surface area contributed by atoms with E-state index in [0.29, 0.717) is 6.04 Å². The van der Waals surface area contributed by atoms with E-state index in [1.54, 1.807) is 0 Å². The van der Waals surface area contributed by atoms with E-state index in [0.717, 1.165) is 35.9 Å². The standard InChI is InChI=1S/C19H30N4/c1-13(2)23-7-6-16(11-23)10-22(5)12-19-20-17-8-14(3)15(4)9-18(17)21-19/h8-9,13,16H,6-7,10-12H2,1-5H3,(H,20,21). The van der Waals surface area contributed by atoms with E-state index in [2.05, 4.69) is 61.7 Å². The highest BCUT2D eigenvalue weighted by atomic mass is 15.2. The smallest absolute Gasteiger partial charge is 0.121 e. The van der Waals surface area contributed by atoms with Crippen LogP contribution in [0.15, 0.2) is 12.1 Å². The lowest BCUT2D eigenvalue weighted by Crippen LogP contribution is -2.31. The van der Waals surface area contributed by atoms with Crippen LogP contribution >= 0.6 is 0 Å². The van der Waals surface area contributed by atoms with Gasteiger partial charge in [-0.2, -0.15) is 0 Å². The van der Waals surface area contributed by atoms with E-state index >= 15 is 0 Å². The van der Waals surface area contributed by atoms with Crippen molar-refractivity contribution in [3.63, 3.8) is 0 Å². The number of fused-ring (bicyclic) bond motifs is 1. The van der Waals surface area contributed by atoms with Crippen LogP contribution in [0.25, 0.3) is 11.0 Å². The Labute approximate surface area is 139 Å². The Morgan fingerprint density at radius 2 is 2.04 bits per heavy atom. The van der Waals surface area contributed by atoms with Crippen molar-refractivity contribution in [2.75, 3.05) is 26.7 Å². The molecule has 1 aliphatic heterocycles. The van der Waals surface area contributed by atoms with Crippen molar-refractivity contribution in [1.29, 1.82) is 0 Å². The molecule has 126 valence electrons. The Balaban J connectivity index is 1.61. The average molecular weight is 314 g/mol. The number of nitrogens with zero attached hydrogens (tertiary/aromatic N) is 3. The van der Waals surface area contributed by atoms with Gasteiger partial charge in [0.1, 0.15) is 5.82 Å². The summed E-state index contributed by atoms with van der Waals surface area (Å²) in [6.45, 7) is 13.4. The Morgan fingerprint density at radius 1 is 1.30 bits per heavy atom. The van der Waals surface area contributed by atoms with E-state index in [4.69, 9.17) is 4.98 Å². The minimum absolute atomic E-state index is 0.673. The highest BCUT2D eigenvalue weighted by molar-refractivity contribution is 5.77. The molecule has 1 aromatic carbocycles. The van der Waals surface area contributed by atoms with Crippen LogP contribution in [0, 0.1) is 19.8 Å². The van der Waals surface area contributed by atoms with Gasteiger partial charge < -0.3 is 9.88 Å². The van der Waals surface area contributed by atoms with Gasteiger partial charge in [0.25, 0.3) is 0 Å². The maximum atomic E-state index is 4.76. The van der Waals surface area contributed by atoms with Crippen molar-refractivity contribution >= 4 is 11.0 Å². The van der Waals surface area contributed by atoms with Gasteiger partial charge in [-0.3, -0.25) is 4.90 Å². The molecular weight excluding hydrogens is 284 g/mol. The number of aromatic amines is 1. The zero-order valence-corrected chi connectivity index (χ0v) is 15.2. The van der Waals surface area contributed by atoms with Crippen LogP contribution < -0.4 is 0 Å². The Morgan fingerprint density at radius 3 is 2.74 bits per heavy atom. The zero-order chi connectivity index (χ0) is 16.6. The number of nitrogens with one attached hydrogen (secondary N) is 1. The van der Waals surface area contributed by atoms with E-state index in [1.165, 1.54) is 30.6 Å². The van der Waals surface area contributed by atoms with Gasteiger partial charge in [0.05, 0.1) is 17.6 Å². The first-order valence-corrected chi connectivity index (χ1v) is 8.81. The number of hydrogen-bond acceptors (Lipinski definition) is 3. The van der Waals surface area contributed by atoms with Gasteiger partial charge in [0.15, 0.2) is 0 Å². The SMILES string of the molecule is Cc1cc2nc(CN(C)CC3CCN(C(C)C)C3)[nH]c2cc1C. The second-order valence-corrected chi connectivity index (χ2v) is 7.58. The summed E-state index contributed by atoms with van der Waals surface area (Å²) in [7, 11) is 2.21. The topological polar surface area (TPSA) is 35.2 Å². The molecule has 1 aliphatic rings. The second kappa shape index (κ2) is 6.62. The molecule has 0 amide bonds. The number of aromatic nitrogens is 2.